The van der Waals surface area contributed by atoms with Gasteiger partial charge in [0.05, 0.1) is 15.5 Å². The number of nitrogens with two attached hydrogens (primary N) is 1. The Morgan fingerprint density at radius 1 is 1.44 bits per heavy atom. The fourth-order valence-corrected chi connectivity index (χ4v) is 2.95. The fourth-order valence-electron chi connectivity index (χ4n) is 1.42. The van der Waals surface area contributed by atoms with Crippen molar-refractivity contribution in [3.05, 3.63) is 45.1 Å². The summed E-state index contributed by atoms with van der Waals surface area (Å²) in [6.07, 6.45) is 4.07. The summed E-state index contributed by atoms with van der Waals surface area (Å²) in [5.41, 5.74) is 3.68. The Morgan fingerprint density at radius 3 is 2.88 bits per heavy atom. The Bertz CT molecular complexity index is 445. The van der Waals surface area contributed by atoms with Crippen molar-refractivity contribution < 1.29 is 0 Å². The molecule has 0 amide bonds. The maximum absolute atomic E-state index is 5.54. The van der Waals surface area contributed by atoms with E-state index in [4.69, 9.17) is 5.84 Å². The highest BCUT2D eigenvalue weighted by atomic mass is 79.9. The number of hydrogen-bond acceptors (Lipinski definition) is 5. The summed E-state index contributed by atoms with van der Waals surface area (Å²) in [5.74, 6) is 5.54. The van der Waals surface area contributed by atoms with Gasteiger partial charge >= 0.3 is 0 Å². The maximum atomic E-state index is 5.54. The van der Waals surface area contributed by atoms with E-state index in [-0.39, 0.29) is 6.04 Å². The van der Waals surface area contributed by atoms with Gasteiger partial charge in [-0.25, -0.2) is 9.97 Å². The van der Waals surface area contributed by atoms with Gasteiger partial charge in [0.15, 0.2) is 0 Å². The zero-order valence-electron chi connectivity index (χ0n) is 8.43. The van der Waals surface area contributed by atoms with Gasteiger partial charge in [-0.15, -0.1) is 11.3 Å². The number of hydrogen-bond donors (Lipinski definition) is 2. The lowest BCUT2D eigenvalue weighted by Gasteiger charge is -2.13. The monoisotopic (exact) mass is 298 g/mol. The van der Waals surface area contributed by atoms with Gasteiger partial charge in [-0.3, -0.25) is 11.3 Å². The Hall–Kier alpha value is -0.820. The van der Waals surface area contributed by atoms with Crippen molar-refractivity contribution in [3.8, 4) is 0 Å². The molecule has 2 rings (SSSR count). The minimum Gasteiger partial charge on any atom is -0.271 e. The average molecular weight is 299 g/mol. The zero-order valence-corrected chi connectivity index (χ0v) is 10.8. The van der Waals surface area contributed by atoms with Crippen LogP contribution in [0.4, 0.5) is 0 Å². The Morgan fingerprint density at radius 2 is 2.31 bits per heavy atom. The van der Waals surface area contributed by atoms with Crippen molar-refractivity contribution in [2.45, 2.75) is 12.5 Å². The van der Waals surface area contributed by atoms with E-state index in [2.05, 4.69) is 37.4 Å². The van der Waals surface area contributed by atoms with Crippen LogP contribution >= 0.6 is 27.3 Å². The molecule has 0 fully saturated rings. The van der Waals surface area contributed by atoms with Crippen molar-refractivity contribution in [2.24, 2.45) is 5.84 Å². The summed E-state index contributed by atoms with van der Waals surface area (Å²) in [5, 5.41) is 0. The van der Waals surface area contributed by atoms with E-state index >= 15 is 0 Å². The molecule has 2 heterocycles. The lowest BCUT2D eigenvalue weighted by molar-refractivity contribution is 0.540. The van der Waals surface area contributed by atoms with Crippen LogP contribution in [0.5, 0.6) is 0 Å². The Balaban J connectivity index is 2.12. The number of nitrogens with zero attached hydrogens (tertiary/aromatic N) is 2. The summed E-state index contributed by atoms with van der Waals surface area (Å²) in [6, 6.07) is 6.01. The third-order valence-electron chi connectivity index (χ3n) is 2.20. The molecule has 16 heavy (non-hydrogen) atoms. The predicted molar refractivity (Wildman–Crippen MR) is 67.8 cm³/mol. The first-order chi connectivity index (χ1) is 7.79. The van der Waals surface area contributed by atoms with Gasteiger partial charge in [0.25, 0.3) is 0 Å². The van der Waals surface area contributed by atoms with Crippen molar-refractivity contribution in [3.63, 3.8) is 0 Å². The van der Waals surface area contributed by atoms with Gasteiger partial charge in [0.2, 0.25) is 0 Å². The highest BCUT2D eigenvalue weighted by Crippen LogP contribution is 2.25. The molecule has 4 nitrogen and oxygen atoms in total. The van der Waals surface area contributed by atoms with Crippen LogP contribution in [0.15, 0.2) is 34.5 Å². The third-order valence-corrected chi connectivity index (χ3v) is 3.84. The van der Waals surface area contributed by atoms with Crippen LogP contribution in [0.1, 0.15) is 16.6 Å². The molecule has 0 bridgehead atoms. The molecule has 0 aliphatic heterocycles. The van der Waals surface area contributed by atoms with Crippen LogP contribution in [-0.4, -0.2) is 9.97 Å². The minimum absolute atomic E-state index is 0.0218. The summed E-state index contributed by atoms with van der Waals surface area (Å²) in [4.78, 5) is 9.34. The SMILES string of the molecule is NNC(Cc1ccc(Br)s1)c1ccncn1. The molecule has 0 saturated carbocycles. The highest BCUT2D eigenvalue weighted by Gasteiger charge is 2.12. The molecule has 0 aromatic carbocycles. The standard InChI is InChI=1S/C10H11BrN4S/c11-10-2-1-7(16-10)5-9(15-12)8-3-4-13-6-14-8/h1-4,6,9,15H,5,12H2. The first-order valence-electron chi connectivity index (χ1n) is 4.76. The quantitative estimate of drug-likeness (QED) is 0.670. The summed E-state index contributed by atoms with van der Waals surface area (Å²) < 4.78 is 1.13. The van der Waals surface area contributed by atoms with E-state index in [1.54, 1.807) is 17.5 Å². The molecule has 0 aliphatic rings. The van der Waals surface area contributed by atoms with E-state index in [1.807, 2.05) is 12.1 Å². The molecular weight excluding hydrogens is 288 g/mol. The van der Waals surface area contributed by atoms with Gasteiger partial charge in [-0.05, 0) is 34.1 Å². The zero-order chi connectivity index (χ0) is 11.4. The Labute approximate surface area is 106 Å². The van der Waals surface area contributed by atoms with Crippen LogP contribution in [0, 0.1) is 0 Å². The first kappa shape index (κ1) is 11.7. The Kier molecular flexibility index (Phi) is 4.00. The van der Waals surface area contributed by atoms with Crippen molar-refractivity contribution >= 4 is 27.3 Å². The van der Waals surface area contributed by atoms with Gasteiger partial charge in [0, 0.05) is 17.5 Å². The summed E-state index contributed by atoms with van der Waals surface area (Å²) in [7, 11) is 0. The molecule has 2 aromatic rings. The number of rotatable bonds is 4. The number of halogens is 1. The molecule has 3 N–H and O–H groups in total. The number of aromatic nitrogens is 2. The van der Waals surface area contributed by atoms with Crippen LogP contribution in [-0.2, 0) is 6.42 Å². The van der Waals surface area contributed by atoms with E-state index in [0.717, 1.165) is 15.9 Å². The molecule has 1 unspecified atom stereocenters. The number of nitrogens with one attached hydrogen (secondary N) is 1. The van der Waals surface area contributed by atoms with Gasteiger partial charge < -0.3 is 0 Å². The van der Waals surface area contributed by atoms with E-state index in [1.165, 1.54) is 11.2 Å². The second-order valence-electron chi connectivity index (χ2n) is 3.26. The molecule has 0 saturated heterocycles. The predicted octanol–water partition coefficient (Wildman–Crippen LogP) is 2.05. The molecule has 0 radical (unpaired) electrons. The van der Waals surface area contributed by atoms with Crippen LogP contribution in [0.25, 0.3) is 0 Å². The van der Waals surface area contributed by atoms with Crippen molar-refractivity contribution in [1.29, 1.82) is 0 Å². The topological polar surface area (TPSA) is 63.8 Å². The molecule has 2 aromatic heterocycles. The van der Waals surface area contributed by atoms with Crippen LogP contribution in [0.2, 0.25) is 0 Å². The minimum atomic E-state index is 0.0218. The van der Waals surface area contributed by atoms with Crippen molar-refractivity contribution in [2.75, 3.05) is 0 Å². The fraction of sp³-hybridized carbons (Fsp3) is 0.200. The molecule has 6 heteroatoms. The van der Waals surface area contributed by atoms with E-state index < -0.39 is 0 Å². The highest BCUT2D eigenvalue weighted by molar-refractivity contribution is 9.11. The molecule has 0 aliphatic carbocycles. The van der Waals surface area contributed by atoms with E-state index in [0.29, 0.717) is 0 Å². The smallest absolute Gasteiger partial charge is 0.115 e. The average Bonchev–Trinajstić information content (AvgIpc) is 2.73. The molecular formula is C10H11BrN4S. The van der Waals surface area contributed by atoms with Gasteiger partial charge in [-0.2, -0.15) is 0 Å². The lowest BCUT2D eigenvalue weighted by Crippen LogP contribution is -2.30. The maximum Gasteiger partial charge on any atom is 0.115 e. The first-order valence-corrected chi connectivity index (χ1v) is 6.37. The van der Waals surface area contributed by atoms with Crippen LogP contribution < -0.4 is 11.3 Å². The largest absolute Gasteiger partial charge is 0.271 e. The second-order valence-corrected chi connectivity index (χ2v) is 5.81. The summed E-state index contributed by atoms with van der Waals surface area (Å²) in [6.45, 7) is 0. The molecule has 1 atom stereocenters. The third kappa shape index (κ3) is 2.85. The second kappa shape index (κ2) is 5.49. The van der Waals surface area contributed by atoms with Gasteiger partial charge in [-0.1, -0.05) is 0 Å². The van der Waals surface area contributed by atoms with Gasteiger partial charge in [0.1, 0.15) is 6.33 Å². The number of hydrazine groups is 1. The summed E-state index contributed by atoms with van der Waals surface area (Å²) >= 11 is 5.15. The van der Waals surface area contributed by atoms with Crippen molar-refractivity contribution in [1.82, 2.24) is 15.4 Å². The molecule has 84 valence electrons. The normalized spacial score (nSPS) is 12.6. The molecule has 0 spiro atoms. The van der Waals surface area contributed by atoms with Crippen LogP contribution in [0.3, 0.4) is 0 Å². The lowest BCUT2D eigenvalue weighted by atomic mass is 10.1. The number of thiophene rings is 1. The van der Waals surface area contributed by atoms with E-state index in [9.17, 15) is 0 Å².